The third kappa shape index (κ3) is 7.66. The second-order valence-electron chi connectivity index (χ2n) is 6.04. The number of carbonyl (C=O) groups is 1. The van der Waals surface area contributed by atoms with Crippen molar-refractivity contribution in [2.45, 2.75) is 40.2 Å². The number of hydrogen-bond donors (Lipinski definition) is 2. The fourth-order valence-electron chi connectivity index (χ4n) is 1.75. The van der Waals surface area contributed by atoms with E-state index in [-0.39, 0.29) is 30.3 Å². The predicted molar refractivity (Wildman–Crippen MR) is 93.6 cm³/mol. The highest BCUT2D eigenvalue weighted by atomic mass is 35.5. The Labute approximate surface area is 140 Å². The molecule has 0 aliphatic rings. The largest absolute Gasteiger partial charge is 0.493 e. The molecule has 0 aliphatic carbocycles. The molecule has 0 aromatic heterocycles. The van der Waals surface area contributed by atoms with E-state index < -0.39 is 0 Å². The van der Waals surface area contributed by atoms with Gasteiger partial charge in [0.1, 0.15) is 5.75 Å². The summed E-state index contributed by atoms with van der Waals surface area (Å²) < 4.78 is 5.64. The van der Waals surface area contributed by atoms with E-state index in [1.54, 1.807) is 0 Å². The Hall–Kier alpha value is -1.26. The summed E-state index contributed by atoms with van der Waals surface area (Å²) in [6.45, 7) is 9.30. The quantitative estimate of drug-likeness (QED) is 0.771. The molecule has 2 atom stereocenters. The normalized spacial score (nSPS) is 13.2. The number of nitrogens with one attached hydrogen (secondary N) is 1. The highest BCUT2D eigenvalue weighted by molar-refractivity contribution is 5.85. The van der Waals surface area contributed by atoms with Crippen LogP contribution < -0.4 is 15.8 Å². The highest BCUT2D eigenvalue weighted by Crippen LogP contribution is 2.13. The molecule has 2 unspecified atom stereocenters. The molecule has 0 heterocycles. The van der Waals surface area contributed by atoms with Crippen molar-refractivity contribution in [2.75, 3.05) is 13.2 Å². The summed E-state index contributed by atoms with van der Waals surface area (Å²) in [6, 6.07) is 7.91. The van der Waals surface area contributed by atoms with Crippen molar-refractivity contribution in [2.24, 2.45) is 17.6 Å². The average Bonchev–Trinajstić information content (AvgIpc) is 2.45. The summed E-state index contributed by atoms with van der Waals surface area (Å²) in [5.41, 5.74) is 6.89. The van der Waals surface area contributed by atoms with E-state index in [1.165, 1.54) is 5.56 Å². The van der Waals surface area contributed by atoms with Gasteiger partial charge in [-0.2, -0.15) is 0 Å². The van der Waals surface area contributed by atoms with Crippen LogP contribution in [0.4, 0.5) is 0 Å². The van der Waals surface area contributed by atoms with Crippen LogP contribution in [0.1, 0.15) is 33.3 Å². The van der Waals surface area contributed by atoms with E-state index >= 15 is 0 Å². The van der Waals surface area contributed by atoms with Crippen LogP contribution in [0.5, 0.6) is 5.75 Å². The van der Waals surface area contributed by atoms with Gasteiger partial charge < -0.3 is 15.8 Å². The molecule has 1 aromatic rings. The second kappa shape index (κ2) is 10.5. The first-order chi connectivity index (χ1) is 9.90. The van der Waals surface area contributed by atoms with Gasteiger partial charge >= 0.3 is 0 Å². The van der Waals surface area contributed by atoms with E-state index in [4.69, 9.17) is 10.5 Å². The first-order valence-electron chi connectivity index (χ1n) is 7.65. The third-order valence-electron chi connectivity index (χ3n) is 3.42. The molecular weight excluding hydrogens is 300 g/mol. The zero-order chi connectivity index (χ0) is 15.8. The summed E-state index contributed by atoms with van der Waals surface area (Å²) in [5.74, 6) is 1.27. The maximum absolute atomic E-state index is 11.8. The van der Waals surface area contributed by atoms with Crippen molar-refractivity contribution >= 4 is 18.3 Å². The Morgan fingerprint density at radius 3 is 2.27 bits per heavy atom. The molecule has 4 nitrogen and oxygen atoms in total. The fourth-order valence-corrected chi connectivity index (χ4v) is 1.75. The van der Waals surface area contributed by atoms with Crippen LogP contribution in [0.2, 0.25) is 0 Å². The second-order valence-corrected chi connectivity index (χ2v) is 6.04. The SMILES string of the molecule is CC(C)COc1ccc(CCNC(=O)C(C)C(C)N)cc1.Cl. The summed E-state index contributed by atoms with van der Waals surface area (Å²) >= 11 is 0. The summed E-state index contributed by atoms with van der Waals surface area (Å²) in [7, 11) is 0. The number of carbonyl (C=O) groups excluding carboxylic acids is 1. The first-order valence-corrected chi connectivity index (χ1v) is 7.65. The van der Waals surface area contributed by atoms with Crippen LogP contribution in [-0.4, -0.2) is 25.1 Å². The molecule has 0 bridgehead atoms. The van der Waals surface area contributed by atoms with Crippen LogP contribution in [0, 0.1) is 11.8 Å². The summed E-state index contributed by atoms with van der Waals surface area (Å²) in [6.07, 6.45) is 0.807. The van der Waals surface area contributed by atoms with Gasteiger partial charge in [-0.05, 0) is 37.0 Å². The van der Waals surface area contributed by atoms with E-state index in [0.717, 1.165) is 18.8 Å². The number of benzene rings is 1. The van der Waals surface area contributed by atoms with Gasteiger partial charge in [-0.1, -0.05) is 32.9 Å². The molecule has 5 heteroatoms. The van der Waals surface area contributed by atoms with Crippen molar-refractivity contribution in [3.63, 3.8) is 0 Å². The van der Waals surface area contributed by atoms with Gasteiger partial charge in [-0.3, -0.25) is 4.79 Å². The molecule has 1 aromatic carbocycles. The number of nitrogens with two attached hydrogens (primary N) is 1. The average molecular weight is 329 g/mol. The molecule has 1 amide bonds. The zero-order valence-electron chi connectivity index (χ0n) is 14.0. The molecule has 0 fully saturated rings. The Morgan fingerprint density at radius 1 is 1.18 bits per heavy atom. The number of halogens is 1. The van der Waals surface area contributed by atoms with Crippen LogP contribution in [0.15, 0.2) is 24.3 Å². The van der Waals surface area contributed by atoms with E-state index in [0.29, 0.717) is 12.5 Å². The molecular formula is C17H29ClN2O2. The molecule has 22 heavy (non-hydrogen) atoms. The lowest BCUT2D eigenvalue weighted by atomic mass is 10.0. The van der Waals surface area contributed by atoms with E-state index in [2.05, 4.69) is 19.2 Å². The first kappa shape index (κ1) is 20.7. The Balaban J connectivity index is 0.00000441. The van der Waals surface area contributed by atoms with Gasteiger partial charge in [0.2, 0.25) is 5.91 Å². The lowest BCUT2D eigenvalue weighted by Gasteiger charge is -2.15. The fraction of sp³-hybridized carbons (Fsp3) is 0.588. The lowest BCUT2D eigenvalue weighted by molar-refractivity contribution is -0.124. The molecule has 0 radical (unpaired) electrons. The van der Waals surface area contributed by atoms with Crippen molar-refractivity contribution in [3.8, 4) is 5.75 Å². The molecule has 0 aliphatic heterocycles. The Morgan fingerprint density at radius 2 is 1.77 bits per heavy atom. The number of rotatable bonds is 8. The van der Waals surface area contributed by atoms with Crippen molar-refractivity contribution in [1.29, 1.82) is 0 Å². The third-order valence-corrected chi connectivity index (χ3v) is 3.42. The lowest BCUT2D eigenvalue weighted by Crippen LogP contribution is -2.39. The molecule has 126 valence electrons. The van der Waals surface area contributed by atoms with E-state index in [9.17, 15) is 4.79 Å². The van der Waals surface area contributed by atoms with Crippen LogP contribution in [-0.2, 0) is 11.2 Å². The predicted octanol–water partition coefficient (Wildman–Crippen LogP) is 2.79. The van der Waals surface area contributed by atoms with Gasteiger partial charge in [-0.25, -0.2) is 0 Å². The Kier molecular flexibility index (Phi) is 9.86. The molecule has 0 saturated carbocycles. The van der Waals surface area contributed by atoms with Crippen LogP contribution in [0.25, 0.3) is 0 Å². The minimum Gasteiger partial charge on any atom is -0.493 e. The van der Waals surface area contributed by atoms with Gasteiger partial charge in [0.05, 0.1) is 6.61 Å². The van der Waals surface area contributed by atoms with Gasteiger partial charge in [0.15, 0.2) is 0 Å². The smallest absolute Gasteiger partial charge is 0.224 e. The zero-order valence-corrected chi connectivity index (χ0v) is 14.8. The molecule has 1 rings (SSSR count). The Bertz CT molecular complexity index is 433. The summed E-state index contributed by atoms with van der Waals surface area (Å²) in [5, 5.41) is 2.92. The molecule has 3 N–H and O–H groups in total. The van der Waals surface area contributed by atoms with Crippen molar-refractivity contribution < 1.29 is 9.53 Å². The molecule has 0 spiro atoms. The number of hydrogen-bond acceptors (Lipinski definition) is 3. The molecule has 0 saturated heterocycles. The minimum atomic E-state index is -0.156. The standard InChI is InChI=1S/C17H28N2O2.ClH/c1-12(2)11-21-16-7-5-15(6-8-16)9-10-19-17(20)13(3)14(4)18;/h5-8,12-14H,9-11,18H2,1-4H3,(H,19,20);1H. The van der Waals surface area contributed by atoms with Crippen LogP contribution >= 0.6 is 12.4 Å². The van der Waals surface area contributed by atoms with E-state index in [1.807, 2.05) is 38.1 Å². The topological polar surface area (TPSA) is 64.3 Å². The monoisotopic (exact) mass is 328 g/mol. The number of ether oxygens (including phenoxy) is 1. The maximum atomic E-state index is 11.8. The maximum Gasteiger partial charge on any atom is 0.224 e. The minimum absolute atomic E-state index is 0. The highest BCUT2D eigenvalue weighted by Gasteiger charge is 2.15. The van der Waals surface area contributed by atoms with Crippen molar-refractivity contribution in [3.05, 3.63) is 29.8 Å². The van der Waals surface area contributed by atoms with Crippen LogP contribution in [0.3, 0.4) is 0 Å². The van der Waals surface area contributed by atoms with Gasteiger partial charge in [0, 0.05) is 18.5 Å². The van der Waals surface area contributed by atoms with Gasteiger partial charge in [-0.15, -0.1) is 12.4 Å². The number of amides is 1. The van der Waals surface area contributed by atoms with Crippen molar-refractivity contribution in [1.82, 2.24) is 5.32 Å². The summed E-state index contributed by atoms with van der Waals surface area (Å²) in [4.78, 5) is 11.8. The van der Waals surface area contributed by atoms with Gasteiger partial charge in [0.25, 0.3) is 0 Å².